The van der Waals surface area contributed by atoms with Gasteiger partial charge in [-0.05, 0) is 25.1 Å². The summed E-state index contributed by atoms with van der Waals surface area (Å²) < 4.78 is 0. The maximum Gasteiger partial charge on any atom is 0.228 e. The topological polar surface area (TPSA) is 56.0 Å². The second-order valence-corrected chi connectivity index (χ2v) is 3.47. The Morgan fingerprint density at radius 3 is 2.87 bits per heavy atom. The lowest BCUT2D eigenvalue weighted by molar-refractivity contribution is -0.496. The molecule has 1 heterocycles. The Labute approximate surface area is 86.7 Å². The zero-order chi connectivity index (χ0) is 10.8. The van der Waals surface area contributed by atoms with Gasteiger partial charge in [-0.15, -0.1) is 0 Å². The lowest BCUT2D eigenvalue weighted by Gasteiger charge is -2.00. The van der Waals surface area contributed by atoms with Gasteiger partial charge in [0.15, 0.2) is 0 Å². The number of benzene rings is 1. The van der Waals surface area contributed by atoms with Crippen molar-refractivity contribution in [1.29, 1.82) is 0 Å². The van der Waals surface area contributed by atoms with Gasteiger partial charge in [-0.3, -0.25) is 15.1 Å². The van der Waals surface area contributed by atoms with Crippen LogP contribution in [-0.2, 0) is 6.54 Å². The molecule has 1 aromatic heterocycles. The van der Waals surface area contributed by atoms with E-state index in [0.717, 1.165) is 16.6 Å². The van der Waals surface area contributed by atoms with Crippen molar-refractivity contribution in [3.8, 4) is 0 Å². The van der Waals surface area contributed by atoms with E-state index in [4.69, 9.17) is 0 Å². The first-order valence-corrected chi connectivity index (χ1v) is 4.63. The molecule has 0 atom stereocenters. The molecule has 0 aliphatic carbocycles. The van der Waals surface area contributed by atoms with Gasteiger partial charge in [0.2, 0.25) is 6.54 Å². The van der Waals surface area contributed by atoms with E-state index in [-0.39, 0.29) is 11.5 Å². The fraction of sp³-hybridized carbons (Fsp3) is 0.182. The van der Waals surface area contributed by atoms with Crippen molar-refractivity contribution in [3.05, 3.63) is 51.7 Å². The van der Waals surface area contributed by atoms with Crippen LogP contribution in [-0.4, -0.2) is 9.91 Å². The standard InChI is InChI=1S/C11H10N2O2/c1-8-2-4-10-6-9(7-13(14)15)3-5-11(10)12-8/h2-6H,7H2,1H3. The first kappa shape index (κ1) is 9.58. The highest BCUT2D eigenvalue weighted by Gasteiger charge is 2.03. The largest absolute Gasteiger partial charge is 0.264 e. The summed E-state index contributed by atoms with van der Waals surface area (Å²) in [6.45, 7) is 1.79. The van der Waals surface area contributed by atoms with Gasteiger partial charge in [0, 0.05) is 21.6 Å². The van der Waals surface area contributed by atoms with E-state index in [0.29, 0.717) is 5.56 Å². The molecular formula is C11H10N2O2. The monoisotopic (exact) mass is 202 g/mol. The molecule has 4 nitrogen and oxygen atoms in total. The molecule has 1 aromatic carbocycles. The summed E-state index contributed by atoms with van der Waals surface area (Å²) in [6, 6.07) is 9.21. The first-order chi connectivity index (χ1) is 7.15. The molecule has 0 amide bonds. The molecule has 2 rings (SSSR count). The van der Waals surface area contributed by atoms with Crippen LogP contribution in [0.3, 0.4) is 0 Å². The van der Waals surface area contributed by atoms with Crippen LogP contribution < -0.4 is 0 Å². The molecule has 0 saturated carbocycles. The molecule has 0 unspecified atom stereocenters. The van der Waals surface area contributed by atoms with E-state index in [1.54, 1.807) is 6.07 Å². The molecule has 0 spiro atoms. The smallest absolute Gasteiger partial charge is 0.228 e. The average Bonchev–Trinajstić information content (AvgIpc) is 2.17. The molecule has 76 valence electrons. The zero-order valence-corrected chi connectivity index (χ0v) is 8.30. The van der Waals surface area contributed by atoms with Crippen LogP contribution >= 0.6 is 0 Å². The van der Waals surface area contributed by atoms with E-state index in [9.17, 15) is 10.1 Å². The van der Waals surface area contributed by atoms with Gasteiger partial charge in [-0.1, -0.05) is 12.1 Å². The minimum Gasteiger partial charge on any atom is -0.264 e. The van der Waals surface area contributed by atoms with Crippen molar-refractivity contribution in [3.63, 3.8) is 0 Å². The van der Waals surface area contributed by atoms with Gasteiger partial charge in [0.1, 0.15) is 0 Å². The first-order valence-electron chi connectivity index (χ1n) is 4.63. The maximum atomic E-state index is 10.3. The van der Waals surface area contributed by atoms with Crippen LogP contribution in [0.2, 0.25) is 0 Å². The Morgan fingerprint density at radius 1 is 1.33 bits per heavy atom. The van der Waals surface area contributed by atoms with Gasteiger partial charge in [0.25, 0.3) is 0 Å². The highest BCUT2D eigenvalue weighted by Crippen LogP contribution is 2.15. The second-order valence-electron chi connectivity index (χ2n) is 3.47. The van der Waals surface area contributed by atoms with Crippen molar-refractivity contribution in [2.45, 2.75) is 13.5 Å². The Bertz CT molecular complexity index is 523. The Hall–Kier alpha value is -1.97. The number of aryl methyl sites for hydroxylation is 1. The predicted molar refractivity (Wildman–Crippen MR) is 57.2 cm³/mol. The lowest BCUT2D eigenvalue weighted by atomic mass is 10.1. The quantitative estimate of drug-likeness (QED) is 0.554. The van der Waals surface area contributed by atoms with E-state index in [1.165, 1.54) is 0 Å². The van der Waals surface area contributed by atoms with Gasteiger partial charge >= 0.3 is 0 Å². The fourth-order valence-corrected chi connectivity index (χ4v) is 1.52. The summed E-state index contributed by atoms with van der Waals surface area (Å²) in [4.78, 5) is 14.3. The predicted octanol–water partition coefficient (Wildman–Crippen LogP) is 2.32. The SMILES string of the molecule is Cc1ccc2cc(C[N+](=O)[O-])ccc2n1. The summed E-state index contributed by atoms with van der Waals surface area (Å²) >= 11 is 0. The highest BCUT2D eigenvalue weighted by molar-refractivity contribution is 5.79. The highest BCUT2D eigenvalue weighted by atomic mass is 16.6. The van der Waals surface area contributed by atoms with E-state index in [2.05, 4.69) is 4.98 Å². The number of hydrogen-bond donors (Lipinski definition) is 0. The van der Waals surface area contributed by atoms with E-state index in [1.807, 2.05) is 31.2 Å². The Kier molecular flexibility index (Phi) is 2.33. The minimum atomic E-state index is -0.331. The van der Waals surface area contributed by atoms with Gasteiger partial charge < -0.3 is 0 Å². The van der Waals surface area contributed by atoms with Crippen molar-refractivity contribution in [1.82, 2.24) is 4.98 Å². The van der Waals surface area contributed by atoms with Gasteiger partial charge in [-0.2, -0.15) is 0 Å². The van der Waals surface area contributed by atoms with Crippen LogP contribution in [0.1, 0.15) is 11.3 Å². The third-order valence-electron chi connectivity index (χ3n) is 2.20. The number of rotatable bonds is 2. The van der Waals surface area contributed by atoms with Crippen LogP contribution in [0.4, 0.5) is 0 Å². The van der Waals surface area contributed by atoms with E-state index >= 15 is 0 Å². The van der Waals surface area contributed by atoms with Gasteiger partial charge in [-0.25, -0.2) is 0 Å². The number of hydrogen-bond acceptors (Lipinski definition) is 3. The Balaban J connectivity index is 2.47. The molecule has 0 aliphatic rings. The second kappa shape index (κ2) is 3.65. The number of nitro groups is 1. The molecule has 2 aromatic rings. The van der Waals surface area contributed by atoms with Crippen LogP contribution in [0.5, 0.6) is 0 Å². The molecule has 4 heteroatoms. The third-order valence-corrected chi connectivity index (χ3v) is 2.20. The van der Waals surface area contributed by atoms with Crippen LogP contribution in [0.15, 0.2) is 30.3 Å². The number of aromatic nitrogens is 1. The summed E-state index contributed by atoms with van der Waals surface area (Å²) in [5, 5.41) is 11.3. The minimum absolute atomic E-state index is 0.135. The van der Waals surface area contributed by atoms with Crippen LogP contribution in [0, 0.1) is 17.0 Å². The number of pyridine rings is 1. The molecule has 15 heavy (non-hydrogen) atoms. The number of fused-ring (bicyclic) bond motifs is 1. The van der Waals surface area contributed by atoms with E-state index < -0.39 is 0 Å². The molecule has 0 bridgehead atoms. The average molecular weight is 202 g/mol. The summed E-state index contributed by atoms with van der Waals surface area (Å²) in [5.74, 6) is 0. The summed E-state index contributed by atoms with van der Waals surface area (Å²) in [5.41, 5.74) is 2.53. The van der Waals surface area contributed by atoms with Crippen molar-refractivity contribution in [2.24, 2.45) is 0 Å². The molecule has 0 N–H and O–H groups in total. The Morgan fingerprint density at radius 2 is 2.13 bits per heavy atom. The lowest BCUT2D eigenvalue weighted by Crippen LogP contribution is -1.97. The summed E-state index contributed by atoms with van der Waals surface area (Å²) in [7, 11) is 0. The molecule has 0 aliphatic heterocycles. The normalized spacial score (nSPS) is 10.5. The fourth-order valence-electron chi connectivity index (χ4n) is 1.52. The number of nitrogens with zero attached hydrogens (tertiary/aromatic N) is 2. The molecule has 0 saturated heterocycles. The van der Waals surface area contributed by atoms with Crippen molar-refractivity contribution < 1.29 is 4.92 Å². The third kappa shape index (κ3) is 2.10. The molecular weight excluding hydrogens is 192 g/mol. The zero-order valence-electron chi connectivity index (χ0n) is 8.30. The van der Waals surface area contributed by atoms with Gasteiger partial charge in [0.05, 0.1) is 5.52 Å². The van der Waals surface area contributed by atoms with Crippen molar-refractivity contribution >= 4 is 10.9 Å². The molecule has 0 radical (unpaired) electrons. The van der Waals surface area contributed by atoms with Crippen molar-refractivity contribution in [2.75, 3.05) is 0 Å². The van der Waals surface area contributed by atoms with Crippen LogP contribution in [0.25, 0.3) is 10.9 Å². The maximum absolute atomic E-state index is 10.3. The molecule has 0 fully saturated rings. The summed E-state index contributed by atoms with van der Waals surface area (Å²) in [6.07, 6.45) is 0.